The van der Waals surface area contributed by atoms with Crippen molar-refractivity contribution in [3.8, 4) is 0 Å². The molecule has 2 aromatic carbocycles. The van der Waals surface area contributed by atoms with E-state index in [0.717, 1.165) is 41.3 Å². The molecule has 3 heterocycles. The lowest BCUT2D eigenvalue weighted by Crippen LogP contribution is -2.32. The second-order valence-electron chi connectivity index (χ2n) is 9.12. The number of hydrogen-bond acceptors (Lipinski definition) is 6. The van der Waals surface area contributed by atoms with Crippen molar-refractivity contribution in [2.24, 2.45) is 5.92 Å². The minimum atomic E-state index is -0.342. The second kappa shape index (κ2) is 9.52. The number of nitrogens with one attached hydrogen (secondary N) is 1. The van der Waals surface area contributed by atoms with Crippen LogP contribution in [-0.4, -0.2) is 28.9 Å². The largest absolute Gasteiger partial charge is 0.463 e. The highest BCUT2D eigenvalue weighted by Gasteiger charge is 2.16. The minimum Gasteiger partial charge on any atom is -0.463 e. The standard InChI is InChI=1S/C27H27N3O3S/c1-17-9-11-30(12-10-17)15-19-4-6-22-24(14-19)34-27(28-22)29-25(31)8-5-20-16-33-23-7-3-18(2)13-21(23)26(20)32/h3-8,13-14,16-17H,9-12,15H2,1-2H3,(H,28,29,31)/b8-5+. The first-order valence-electron chi connectivity index (χ1n) is 11.6. The number of aryl methyl sites for hydroxylation is 1. The third-order valence-corrected chi connectivity index (χ3v) is 7.27. The molecule has 2 aromatic heterocycles. The van der Waals surface area contributed by atoms with E-state index in [9.17, 15) is 9.59 Å². The minimum absolute atomic E-state index is 0.162. The molecule has 1 N–H and O–H groups in total. The van der Waals surface area contributed by atoms with Crippen molar-refractivity contribution in [3.63, 3.8) is 0 Å². The predicted molar refractivity (Wildman–Crippen MR) is 138 cm³/mol. The normalized spacial score (nSPS) is 15.5. The molecule has 7 heteroatoms. The highest BCUT2D eigenvalue weighted by Crippen LogP contribution is 2.28. The zero-order valence-corrected chi connectivity index (χ0v) is 20.2. The summed E-state index contributed by atoms with van der Waals surface area (Å²) in [6, 6.07) is 11.8. The summed E-state index contributed by atoms with van der Waals surface area (Å²) in [4.78, 5) is 32.2. The van der Waals surface area contributed by atoms with Gasteiger partial charge in [0, 0.05) is 12.6 Å². The number of hydrogen-bond donors (Lipinski definition) is 1. The highest BCUT2D eigenvalue weighted by molar-refractivity contribution is 7.22. The topological polar surface area (TPSA) is 75.4 Å². The SMILES string of the molecule is Cc1ccc2occ(/C=C/C(=O)Nc3nc4ccc(CN5CCC(C)CC5)cc4s3)c(=O)c2c1. The average molecular weight is 474 g/mol. The molecule has 1 saturated heterocycles. The molecule has 0 atom stereocenters. The van der Waals surface area contributed by atoms with Gasteiger partial charge < -0.3 is 4.42 Å². The van der Waals surface area contributed by atoms with Gasteiger partial charge >= 0.3 is 0 Å². The molecule has 0 spiro atoms. The molecule has 34 heavy (non-hydrogen) atoms. The number of carbonyl (C=O) groups excluding carboxylic acids is 1. The van der Waals surface area contributed by atoms with Crippen molar-refractivity contribution in [1.82, 2.24) is 9.88 Å². The van der Waals surface area contributed by atoms with Gasteiger partial charge in [-0.2, -0.15) is 0 Å². The fourth-order valence-corrected chi connectivity index (χ4v) is 5.22. The molecule has 174 valence electrons. The zero-order valence-electron chi connectivity index (χ0n) is 19.3. The van der Waals surface area contributed by atoms with Crippen LogP contribution >= 0.6 is 11.3 Å². The summed E-state index contributed by atoms with van der Waals surface area (Å²) in [5, 5.41) is 3.85. The molecule has 5 rings (SSSR count). The van der Waals surface area contributed by atoms with E-state index in [1.807, 2.05) is 19.1 Å². The van der Waals surface area contributed by atoms with Gasteiger partial charge in [-0.3, -0.25) is 19.8 Å². The van der Waals surface area contributed by atoms with Crippen LogP contribution in [0.15, 0.2) is 57.9 Å². The number of amides is 1. The number of benzene rings is 2. The summed E-state index contributed by atoms with van der Waals surface area (Å²) >= 11 is 1.45. The Morgan fingerprint density at radius 2 is 2.06 bits per heavy atom. The highest BCUT2D eigenvalue weighted by atomic mass is 32.1. The molecule has 0 saturated carbocycles. The second-order valence-corrected chi connectivity index (χ2v) is 10.2. The average Bonchev–Trinajstić information content (AvgIpc) is 3.22. The van der Waals surface area contributed by atoms with Gasteiger partial charge in [0.2, 0.25) is 5.91 Å². The number of piperidine rings is 1. The van der Waals surface area contributed by atoms with Crippen LogP contribution in [0.3, 0.4) is 0 Å². The monoisotopic (exact) mass is 473 g/mol. The first kappa shape index (κ1) is 22.5. The third kappa shape index (κ3) is 4.95. The number of thiazole rings is 1. The molecule has 1 aliphatic rings. The van der Waals surface area contributed by atoms with Crippen molar-refractivity contribution in [2.75, 3.05) is 18.4 Å². The van der Waals surface area contributed by atoms with Crippen LogP contribution in [0.1, 0.15) is 36.5 Å². The van der Waals surface area contributed by atoms with Gasteiger partial charge in [-0.25, -0.2) is 4.98 Å². The number of rotatable bonds is 5. The Labute approximate surface area is 201 Å². The zero-order chi connectivity index (χ0) is 23.7. The quantitative estimate of drug-likeness (QED) is 0.382. The molecular formula is C27H27N3O3S. The fourth-order valence-electron chi connectivity index (χ4n) is 4.29. The van der Waals surface area contributed by atoms with Crippen LogP contribution in [0.5, 0.6) is 0 Å². The van der Waals surface area contributed by atoms with E-state index in [4.69, 9.17) is 4.42 Å². The predicted octanol–water partition coefficient (Wildman–Crippen LogP) is 5.59. The molecule has 0 bridgehead atoms. The maximum atomic E-state index is 12.7. The van der Waals surface area contributed by atoms with E-state index < -0.39 is 0 Å². The van der Waals surface area contributed by atoms with Crippen molar-refractivity contribution < 1.29 is 9.21 Å². The van der Waals surface area contributed by atoms with Gasteiger partial charge in [-0.15, -0.1) is 0 Å². The Balaban J connectivity index is 1.27. The van der Waals surface area contributed by atoms with E-state index >= 15 is 0 Å². The third-order valence-electron chi connectivity index (χ3n) is 6.33. The Kier molecular flexibility index (Phi) is 6.30. The van der Waals surface area contributed by atoms with Crippen LogP contribution in [-0.2, 0) is 11.3 Å². The van der Waals surface area contributed by atoms with Crippen LogP contribution in [0.2, 0.25) is 0 Å². The molecular weight excluding hydrogens is 446 g/mol. The van der Waals surface area contributed by atoms with Crippen molar-refractivity contribution in [1.29, 1.82) is 0 Å². The van der Waals surface area contributed by atoms with Crippen LogP contribution in [0, 0.1) is 12.8 Å². The molecule has 4 aromatic rings. The Morgan fingerprint density at radius 1 is 1.24 bits per heavy atom. The van der Waals surface area contributed by atoms with Crippen molar-refractivity contribution in [2.45, 2.75) is 33.2 Å². The van der Waals surface area contributed by atoms with Gasteiger partial charge in [0.25, 0.3) is 0 Å². The lowest BCUT2D eigenvalue weighted by molar-refractivity contribution is -0.111. The lowest BCUT2D eigenvalue weighted by Gasteiger charge is -2.30. The molecule has 1 aliphatic heterocycles. The number of aromatic nitrogens is 1. The summed E-state index contributed by atoms with van der Waals surface area (Å²) in [5.41, 5.74) is 3.80. The number of carbonyl (C=O) groups is 1. The molecule has 0 radical (unpaired) electrons. The summed E-state index contributed by atoms with van der Waals surface area (Å²) < 4.78 is 6.59. The first-order chi connectivity index (χ1) is 16.4. The lowest BCUT2D eigenvalue weighted by atomic mass is 9.99. The van der Waals surface area contributed by atoms with Gasteiger partial charge in [0.05, 0.1) is 21.2 Å². The van der Waals surface area contributed by atoms with E-state index in [0.29, 0.717) is 21.7 Å². The van der Waals surface area contributed by atoms with E-state index in [1.165, 1.54) is 48.2 Å². The van der Waals surface area contributed by atoms with E-state index in [1.54, 1.807) is 12.1 Å². The maximum Gasteiger partial charge on any atom is 0.250 e. The molecule has 0 aliphatic carbocycles. The van der Waals surface area contributed by atoms with Gasteiger partial charge in [-0.1, -0.05) is 36.0 Å². The summed E-state index contributed by atoms with van der Waals surface area (Å²) in [5.74, 6) is 0.478. The molecule has 0 unspecified atom stereocenters. The number of fused-ring (bicyclic) bond motifs is 2. The van der Waals surface area contributed by atoms with Crippen LogP contribution in [0.4, 0.5) is 5.13 Å². The van der Waals surface area contributed by atoms with Crippen LogP contribution in [0.25, 0.3) is 27.3 Å². The maximum absolute atomic E-state index is 12.7. The van der Waals surface area contributed by atoms with E-state index in [2.05, 4.69) is 34.3 Å². The number of likely N-dealkylation sites (tertiary alicyclic amines) is 1. The summed E-state index contributed by atoms with van der Waals surface area (Å²) in [6.45, 7) is 7.47. The number of nitrogens with zero attached hydrogens (tertiary/aromatic N) is 2. The van der Waals surface area contributed by atoms with Crippen molar-refractivity contribution >= 4 is 49.6 Å². The fraction of sp³-hybridized carbons (Fsp3) is 0.296. The smallest absolute Gasteiger partial charge is 0.250 e. The Morgan fingerprint density at radius 3 is 2.88 bits per heavy atom. The first-order valence-corrected chi connectivity index (χ1v) is 12.4. The molecule has 1 fully saturated rings. The molecule has 1 amide bonds. The Hall–Kier alpha value is -3.29. The number of anilines is 1. The van der Waals surface area contributed by atoms with E-state index in [-0.39, 0.29) is 11.3 Å². The summed E-state index contributed by atoms with van der Waals surface area (Å²) in [7, 11) is 0. The van der Waals surface area contributed by atoms with Gasteiger partial charge in [0.15, 0.2) is 10.6 Å². The van der Waals surface area contributed by atoms with Gasteiger partial charge in [0.1, 0.15) is 11.8 Å². The summed E-state index contributed by atoms with van der Waals surface area (Å²) in [6.07, 6.45) is 6.71. The Bertz CT molecular complexity index is 1440. The van der Waals surface area contributed by atoms with Gasteiger partial charge in [-0.05, 0) is 74.7 Å². The van der Waals surface area contributed by atoms with Crippen molar-refractivity contribution in [3.05, 3.63) is 75.7 Å². The molecule has 6 nitrogen and oxygen atoms in total. The van der Waals surface area contributed by atoms with Crippen LogP contribution < -0.4 is 10.7 Å².